The van der Waals surface area contributed by atoms with E-state index in [0.29, 0.717) is 0 Å². The molecule has 0 spiro atoms. The molecule has 0 radical (unpaired) electrons. The molecule has 1 rings (SSSR count). The number of likely N-dealkylation sites (N-methyl/N-ethyl adjacent to an activating group) is 1. The second-order valence-corrected chi connectivity index (χ2v) is 3.57. The minimum absolute atomic E-state index is 0.277. The minimum Gasteiger partial charge on any atom is -0.480 e. The standard InChI is InChI=1S/C11H13FN2O3/c1-7(10(15)16)14(2)11(17)13-9-5-3-4-8(12)6-9/h3-7H,1-2H3,(H,13,17)(H,15,16). The maximum Gasteiger partial charge on any atom is 0.326 e. The van der Waals surface area contributed by atoms with E-state index >= 15 is 0 Å². The van der Waals surface area contributed by atoms with Crippen LogP contribution < -0.4 is 5.32 Å². The van der Waals surface area contributed by atoms with Crippen LogP contribution in [0.15, 0.2) is 24.3 Å². The Hall–Kier alpha value is -2.11. The Morgan fingerprint density at radius 1 is 1.47 bits per heavy atom. The molecule has 1 atom stereocenters. The molecule has 1 aromatic rings. The van der Waals surface area contributed by atoms with E-state index in [1.165, 1.54) is 32.2 Å². The number of benzene rings is 1. The molecule has 5 nitrogen and oxygen atoms in total. The largest absolute Gasteiger partial charge is 0.480 e. The first-order valence-corrected chi connectivity index (χ1v) is 4.94. The van der Waals surface area contributed by atoms with Crippen molar-refractivity contribution in [2.24, 2.45) is 0 Å². The van der Waals surface area contributed by atoms with Gasteiger partial charge < -0.3 is 15.3 Å². The molecule has 0 aliphatic heterocycles. The second-order valence-electron chi connectivity index (χ2n) is 3.57. The number of aliphatic carboxylic acids is 1. The Morgan fingerprint density at radius 3 is 2.65 bits per heavy atom. The number of rotatable bonds is 3. The number of hydrogen-bond donors (Lipinski definition) is 2. The van der Waals surface area contributed by atoms with E-state index in [1.54, 1.807) is 0 Å². The van der Waals surface area contributed by atoms with Gasteiger partial charge in [-0.15, -0.1) is 0 Å². The van der Waals surface area contributed by atoms with Gasteiger partial charge in [0.2, 0.25) is 0 Å². The number of amides is 2. The van der Waals surface area contributed by atoms with Crippen molar-refractivity contribution in [3.63, 3.8) is 0 Å². The number of carboxylic acid groups (broad SMARTS) is 1. The average molecular weight is 240 g/mol. The number of nitrogens with zero attached hydrogens (tertiary/aromatic N) is 1. The molecule has 0 aliphatic rings. The van der Waals surface area contributed by atoms with Crippen molar-refractivity contribution in [3.8, 4) is 0 Å². The first-order valence-electron chi connectivity index (χ1n) is 4.94. The van der Waals surface area contributed by atoms with E-state index in [0.717, 1.165) is 11.0 Å². The third-order valence-electron chi connectivity index (χ3n) is 2.33. The third-order valence-corrected chi connectivity index (χ3v) is 2.33. The number of nitrogens with one attached hydrogen (secondary N) is 1. The molecule has 2 N–H and O–H groups in total. The summed E-state index contributed by atoms with van der Waals surface area (Å²) in [6.07, 6.45) is 0. The summed E-state index contributed by atoms with van der Waals surface area (Å²) in [7, 11) is 1.35. The number of carbonyl (C=O) groups excluding carboxylic acids is 1. The maximum absolute atomic E-state index is 12.8. The molecule has 0 aromatic heterocycles. The van der Waals surface area contributed by atoms with Gasteiger partial charge in [0.05, 0.1) is 0 Å². The summed E-state index contributed by atoms with van der Waals surface area (Å²) < 4.78 is 12.8. The summed E-state index contributed by atoms with van der Waals surface area (Å²) in [6.45, 7) is 1.38. The zero-order valence-corrected chi connectivity index (χ0v) is 9.48. The van der Waals surface area contributed by atoms with Crippen molar-refractivity contribution in [1.82, 2.24) is 4.90 Å². The molecule has 0 bridgehead atoms. The molecule has 92 valence electrons. The molecule has 17 heavy (non-hydrogen) atoms. The van der Waals surface area contributed by atoms with Gasteiger partial charge in [-0.05, 0) is 25.1 Å². The van der Waals surface area contributed by atoms with Crippen LogP contribution in [0.3, 0.4) is 0 Å². The highest BCUT2D eigenvalue weighted by molar-refractivity contribution is 5.91. The topological polar surface area (TPSA) is 69.6 Å². The van der Waals surface area contributed by atoms with Crippen LogP contribution in [0.25, 0.3) is 0 Å². The lowest BCUT2D eigenvalue weighted by atomic mass is 10.3. The zero-order chi connectivity index (χ0) is 13.0. The molecule has 2 amide bonds. The summed E-state index contributed by atoms with van der Waals surface area (Å²) in [4.78, 5) is 23.3. The summed E-state index contributed by atoms with van der Waals surface area (Å²) in [6, 6.07) is 3.80. The first-order chi connectivity index (χ1) is 7.91. The SMILES string of the molecule is CC(C(=O)O)N(C)C(=O)Nc1cccc(F)c1. The van der Waals surface area contributed by atoms with Crippen LogP contribution in [0.1, 0.15) is 6.92 Å². The average Bonchev–Trinajstić information content (AvgIpc) is 2.26. The molecule has 0 aliphatic carbocycles. The molecule has 1 unspecified atom stereocenters. The number of halogens is 1. The van der Waals surface area contributed by atoms with E-state index in [-0.39, 0.29) is 5.69 Å². The smallest absolute Gasteiger partial charge is 0.326 e. The van der Waals surface area contributed by atoms with Gasteiger partial charge in [-0.1, -0.05) is 6.07 Å². The van der Waals surface area contributed by atoms with Crippen LogP contribution in [0.4, 0.5) is 14.9 Å². The van der Waals surface area contributed by atoms with Crippen molar-refractivity contribution < 1.29 is 19.1 Å². The lowest BCUT2D eigenvalue weighted by Crippen LogP contribution is -2.42. The van der Waals surface area contributed by atoms with Crippen LogP contribution in [0, 0.1) is 5.82 Å². The van der Waals surface area contributed by atoms with Gasteiger partial charge in [0.25, 0.3) is 0 Å². The number of urea groups is 1. The van der Waals surface area contributed by atoms with E-state index < -0.39 is 23.9 Å². The minimum atomic E-state index is -1.11. The Bertz CT molecular complexity index is 436. The highest BCUT2D eigenvalue weighted by atomic mass is 19.1. The van der Waals surface area contributed by atoms with Crippen molar-refractivity contribution in [2.75, 3.05) is 12.4 Å². The van der Waals surface area contributed by atoms with Crippen molar-refractivity contribution >= 4 is 17.7 Å². The molecule has 0 saturated carbocycles. The van der Waals surface area contributed by atoms with Gasteiger partial charge in [0.15, 0.2) is 0 Å². The van der Waals surface area contributed by atoms with Gasteiger partial charge in [-0.25, -0.2) is 14.0 Å². The molecule has 0 fully saturated rings. The summed E-state index contributed by atoms with van der Waals surface area (Å²) in [5, 5.41) is 11.1. The number of carbonyl (C=O) groups is 2. The lowest BCUT2D eigenvalue weighted by molar-refractivity contribution is -0.141. The lowest BCUT2D eigenvalue weighted by Gasteiger charge is -2.21. The van der Waals surface area contributed by atoms with Crippen molar-refractivity contribution in [2.45, 2.75) is 13.0 Å². The molecule has 1 aromatic carbocycles. The molecular weight excluding hydrogens is 227 g/mol. The fourth-order valence-electron chi connectivity index (χ4n) is 1.12. The fraction of sp³-hybridized carbons (Fsp3) is 0.273. The van der Waals surface area contributed by atoms with E-state index in [4.69, 9.17) is 5.11 Å². The number of carboxylic acids is 1. The normalized spacial score (nSPS) is 11.7. The Kier molecular flexibility index (Phi) is 4.03. The zero-order valence-electron chi connectivity index (χ0n) is 9.48. The Balaban J connectivity index is 2.69. The first kappa shape index (κ1) is 13.0. The number of anilines is 1. The second kappa shape index (κ2) is 5.29. The van der Waals surface area contributed by atoms with Gasteiger partial charge >= 0.3 is 12.0 Å². The van der Waals surface area contributed by atoms with Crippen LogP contribution in [0.5, 0.6) is 0 Å². The predicted octanol–water partition coefficient (Wildman–Crippen LogP) is 1.76. The molecule has 0 saturated heterocycles. The fourth-order valence-corrected chi connectivity index (χ4v) is 1.12. The van der Waals surface area contributed by atoms with Crippen molar-refractivity contribution in [3.05, 3.63) is 30.1 Å². The quantitative estimate of drug-likeness (QED) is 0.845. The monoisotopic (exact) mass is 240 g/mol. The molecule has 6 heteroatoms. The molecule has 0 heterocycles. The summed E-state index contributed by atoms with van der Waals surface area (Å²) in [5.74, 6) is -1.58. The van der Waals surface area contributed by atoms with Crippen LogP contribution in [0.2, 0.25) is 0 Å². The van der Waals surface area contributed by atoms with E-state index in [2.05, 4.69) is 5.32 Å². The van der Waals surface area contributed by atoms with Gasteiger partial charge in [-0.2, -0.15) is 0 Å². The van der Waals surface area contributed by atoms with Gasteiger partial charge in [0, 0.05) is 12.7 Å². The Labute approximate surface area is 97.8 Å². The van der Waals surface area contributed by atoms with Gasteiger partial charge in [-0.3, -0.25) is 0 Å². The highest BCUT2D eigenvalue weighted by Gasteiger charge is 2.21. The highest BCUT2D eigenvalue weighted by Crippen LogP contribution is 2.10. The van der Waals surface area contributed by atoms with E-state index in [9.17, 15) is 14.0 Å². The van der Waals surface area contributed by atoms with Crippen molar-refractivity contribution in [1.29, 1.82) is 0 Å². The maximum atomic E-state index is 12.8. The third kappa shape index (κ3) is 3.44. The van der Waals surface area contributed by atoms with Crippen LogP contribution in [-0.4, -0.2) is 35.1 Å². The summed E-state index contributed by atoms with van der Waals surface area (Å²) in [5.41, 5.74) is 0.277. The predicted molar refractivity (Wildman–Crippen MR) is 60.3 cm³/mol. The Morgan fingerprint density at radius 2 is 2.12 bits per heavy atom. The van der Waals surface area contributed by atoms with Crippen LogP contribution >= 0.6 is 0 Å². The van der Waals surface area contributed by atoms with Crippen LogP contribution in [-0.2, 0) is 4.79 Å². The van der Waals surface area contributed by atoms with E-state index in [1.807, 2.05) is 0 Å². The summed E-state index contributed by atoms with van der Waals surface area (Å²) >= 11 is 0. The van der Waals surface area contributed by atoms with Gasteiger partial charge in [0.1, 0.15) is 11.9 Å². The molecular formula is C11H13FN2O3. The number of hydrogen-bond acceptors (Lipinski definition) is 2.